The molecule has 2 aliphatic heterocycles. The van der Waals surface area contributed by atoms with Crippen LogP contribution in [-0.4, -0.2) is 50.4 Å². The van der Waals surface area contributed by atoms with Crippen LogP contribution in [0.3, 0.4) is 0 Å². The highest BCUT2D eigenvalue weighted by Gasteiger charge is 2.57. The number of aliphatic hydroxyl groups is 1. The molecule has 1 aromatic carbocycles. The van der Waals surface area contributed by atoms with E-state index in [-0.39, 0.29) is 12.1 Å². The maximum Gasteiger partial charge on any atom is 0.227 e. The van der Waals surface area contributed by atoms with Gasteiger partial charge in [0.05, 0.1) is 29.1 Å². The van der Waals surface area contributed by atoms with Crippen molar-refractivity contribution >= 4 is 34.2 Å². The molecule has 1 saturated heterocycles. The lowest BCUT2D eigenvalue weighted by Crippen LogP contribution is -2.56. The number of fused-ring (bicyclic) bond motifs is 2. The first kappa shape index (κ1) is 18.1. The SMILES string of the molecule is O=[S@]1CN(C2(CO)CCC2)c2nc(N3CC4C(C3)C4c3ccc(Cl)cc3)ncc21. The summed E-state index contributed by atoms with van der Waals surface area (Å²) in [6.45, 7) is 1.98. The fourth-order valence-electron chi connectivity index (χ4n) is 5.44. The second kappa shape index (κ2) is 6.40. The number of benzene rings is 1. The van der Waals surface area contributed by atoms with E-state index in [2.05, 4.69) is 26.9 Å². The predicted molar refractivity (Wildman–Crippen MR) is 113 cm³/mol. The molecule has 0 amide bonds. The maximum atomic E-state index is 12.6. The van der Waals surface area contributed by atoms with Gasteiger partial charge in [-0.25, -0.2) is 4.98 Å². The Hall–Kier alpha value is -1.70. The molecule has 6 rings (SSSR count). The Balaban J connectivity index is 1.23. The van der Waals surface area contributed by atoms with E-state index in [1.165, 1.54) is 5.56 Å². The lowest BCUT2D eigenvalue weighted by atomic mass is 9.76. The summed E-state index contributed by atoms with van der Waals surface area (Å²) < 4.78 is 12.6. The summed E-state index contributed by atoms with van der Waals surface area (Å²) in [5.41, 5.74) is 1.08. The van der Waals surface area contributed by atoms with Gasteiger partial charge in [0, 0.05) is 18.1 Å². The van der Waals surface area contributed by atoms with Crippen molar-refractivity contribution in [3.05, 3.63) is 41.0 Å². The molecule has 2 unspecified atom stereocenters. The molecule has 3 atom stereocenters. The Morgan fingerprint density at radius 2 is 1.93 bits per heavy atom. The van der Waals surface area contributed by atoms with Gasteiger partial charge in [0.1, 0.15) is 10.8 Å². The third-order valence-electron chi connectivity index (χ3n) is 7.35. The van der Waals surface area contributed by atoms with E-state index >= 15 is 0 Å². The van der Waals surface area contributed by atoms with Crippen molar-refractivity contribution in [2.75, 3.05) is 35.4 Å². The fourth-order valence-corrected chi connectivity index (χ4v) is 6.86. The van der Waals surface area contributed by atoms with Crippen LogP contribution in [0.25, 0.3) is 0 Å². The van der Waals surface area contributed by atoms with E-state index in [0.717, 1.165) is 49.1 Å². The van der Waals surface area contributed by atoms with Crippen molar-refractivity contribution in [1.82, 2.24) is 9.97 Å². The summed E-state index contributed by atoms with van der Waals surface area (Å²) >= 11 is 6.02. The van der Waals surface area contributed by atoms with Crippen molar-refractivity contribution in [3.63, 3.8) is 0 Å². The molecule has 1 N–H and O–H groups in total. The summed E-state index contributed by atoms with van der Waals surface area (Å²) in [5, 5.41) is 10.8. The molecule has 2 aliphatic carbocycles. The standard InChI is InChI=1S/C21H23ClN4O2S/c22-14-4-2-13(3-5-14)18-15-9-25(10-16(15)18)20-23-8-17-19(24-20)26(12-29(17)28)21(11-27)6-1-7-21/h2-5,8,15-16,18,27H,1,6-7,9-12H2/t15?,16?,18?,29-/m0/s1. The quantitative estimate of drug-likeness (QED) is 0.804. The number of halogens is 1. The molecule has 0 spiro atoms. The van der Waals surface area contributed by atoms with Crippen molar-refractivity contribution < 1.29 is 9.32 Å². The highest BCUT2D eigenvalue weighted by Crippen LogP contribution is 2.58. The first-order valence-electron chi connectivity index (χ1n) is 10.2. The zero-order valence-corrected chi connectivity index (χ0v) is 17.6. The van der Waals surface area contributed by atoms with Crippen LogP contribution in [0.2, 0.25) is 5.02 Å². The van der Waals surface area contributed by atoms with Gasteiger partial charge >= 0.3 is 0 Å². The monoisotopic (exact) mass is 430 g/mol. The van der Waals surface area contributed by atoms with Crippen LogP contribution in [0.15, 0.2) is 35.4 Å². The van der Waals surface area contributed by atoms with Crippen molar-refractivity contribution in [2.45, 2.75) is 35.6 Å². The van der Waals surface area contributed by atoms with E-state index in [9.17, 15) is 9.32 Å². The Kier molecular flexibility index (Phi) is 3.99. The summed E-state index contributed by atoms with van der Waals surface area (Å²) in [6, 6.07) is 8.22. The number of nitrogens with zero attached hydrogens (tertiary/aromatic N) is 4. The number of hydrogen-bond acceptors (Lipinski definition) is 6. The third-order valence-corrected chi connectivity index (χ3v) is 8.88. The molecule has 6 nitrogen and oxygen atoms in total. The van der Waals surface area contributed by atoms with Crippen LogP contribution in [0.4, 0.5) is 11.8 Å². The zero-order chi connectivity index (χ0) is 19.8. The van der Waals surface area contributed by atoms with Crippen LogP contribution in [0.1, 0.15) is 30.7 Å². The minimum atomic E-state index is -1.12. The fraction of sp³-hybridized carbons (Fsp3) is 0.524. The van der Waals surface area contributed by atoms with Gasteiger partial charge in [0.25, 0.3) is 0 Å². The Bertz CT molecular complexity index is 979. The normalized spacial score (nSPS) is 31.4. The van der Waals surface area contributed by atoms with E-state index in [1.807, 2.05) is 12.1 Å². The van der Waals surface area contributed by atoms with E-state index in [4.69, 9.17) is 16.6 Å². The summed E-state index contributed by atoms with van der Waals surface area (Å²) in [7, 11) is -1.12. The molecule has 29 heavy (non-hydrogen) atoms. The molecule has 1 aromatic heterocycles. The highest BCUT2D eigenvalue weighted by atomic mass is 35.5. The van der Waals surface area contributed by atoms with Gasteiger partial charge in [-0.3, -0.25) is 4.21 Å². The summed E-state index contributed by atoms with van der Waals surface area (Å²) in [5.74, 6) is 3.77. The molecule has 2 saturated carbocycles. The molecule has 2 aromatic rings. The average molecular weight is 431 g/mol. The number of hydrogen-bond donors (Lipinski definition) is 1. The molecular weight excluding hydrogens is 408 g/mol. The van der Waals surface area contributed by atoms with Crippen molar-refractivity contribution in [1.29, 1.82) is 0 Å². The number of anilines is 2. The molecule has 152 valence electrons. The molecule has 0 radical (unpaired) electrons. The largest absolute Gasteiger partial charge is 0.394 e. The molecule has 0 bridgehead atoms. The predicted octanol–water partition coefficient (Wildman–Crippen LogP) is 2.78. The van der Waals surface area contributed by atoms with Gasteiger partial charge in [0.2, 0.25) is 5.95 Å². The molecular formula is C21H23ClN4O2S. The smallest absolute Gasteiger partial charge is 0.227 e. The van der Waals surface area contributed by atoms with Gasteiger partial charge in [-0.1, -0.05) is 23.7 Å². The summed E-state index contributed by atoms with van der Waals surface area (Å²) in [4.78, 5) is 14.4. The maximum absolute atomic E-state index is 12.6. The van der Waals surface area contributed by atoms with Crippen LogP contribution < -0.4 is 9.80 Å². The average Bonchev–Trinajstić information content (AvgIpc) is 3.04. The molecule has 4 aliphatic rings. The second-order valence-corrected chi connectivity index (χ2v) is 10.6. The summed E-state index contributed by atoms with van der Waals surface area (Å²) in [6.07, 6.45) is 4.68. The Morgan fingerprint density at radius 3 is 2.55 bits per heavy atom. The first-order chi connectivity index (χ1) is 14.1. The minimum Gasteiger partial charge on any atom is -0.394 e. The van der Waals surface area contributed by atoms with E-state index in [0.29, 0.717) is 28.5 Å². The van der Waals surface area contributed by atoms with Crippen LogP contribution in [0, 0.1) is 11.8 Å². The molecule has 8 heteroatoms. The lowest BCUT2D eigenvalue weighted by Gasteiger charge is -2.47. The van der Waals surface area contributed by atoms with E-state index in [1.54, 1.807) is 6.20 Å². The second-order valence-electron chi connectivity index (χ2n) is 8.81. The van der Waals surface area contributed by atoms with Gasteiger partial charge in [-0.2, -0.15) is 4.98 Å². The van der Waals surface area contributed by atoms with Crippen molar-refractivity contribution in [2.24, 2.45) is 11.8 Å². The third kappa shape index (κ3) is 2.67. The van der Waals surface area contributed by atoms with Crippen LogP contribution in [0.5, 0.6) is 0 Å². The molecule has 3 fully saturated rings. The van der Waals surface area contributed by atoms with Gasteiger partial charge in [-0.15, -0.1) is 0 Å². The van der Waals surface area contributed by atoms with E-state index < -0.39 is 10.8 Å². The Morgan fingerprint density at radius 1 is 1.21 bits per heavy atom. The molecule has 3 heterocycles. The van der Waals surface area contributed by atoms with Gasteiger partial charge in [0.15, 0.2) is 5.82 Å². The zero-order valence-electron chi connectivity index (χ0n) is 16.0. The number of rotatable bonds is 4. The number of piperidine rings is 1. The minimum absolute atomic E-state index is 0.0829. The Labute approximate surface area is 177 Å². The number of aromatic nitrogens is 2. The first-order valence-corrected chi connectivity index (χ1v) is 11.9. The van der Waals surface area contributed by atoms with Gasteiger partial charge in [-0.05, 0) is 54.7 Å². The lowest BCUT2D eigenvalue weighted by molar-refractivity contribution is 0.119. The highest BCUT2D eigenvalue weighted by molar-refractivity contribution is 7.85. The van der Waals surface area contributed by atoms with Gasteiger partial charge < -0.3 is 14.9 Å². The topological polar surface area (TPSA) is 69.6 Å². The number of aliphatic hydroxyl groups excluding tert-OH is 1. The van der Waals surface area contributed by atoms with Crippen molar-refractivity contribution in [3.8, 4) is 0 Å². The van der Waals surface area contributed by atoms with Crippen LogP contribution in [-0.2, 0) is 10.8 Å². The van der Waals surface area contributed by atoms with Crippen LogP contribution >= 0.6 is 11.6 Å².